The molecule has 0 saturated heterocycles. The van der Waals surface area contributed by atoms with Gasteiger partial charge in [-0.15, -0.1) is 0 Å². The number of aromatic nitrogens is 1. The number of benzene rings is 2. The third-order valence-corrected chi connectivity index (χ3v) is 3.74. The topological polar surface area (TPSA) is 51.2 Å². The Kier molecular flexibility index (Phi) is 4.06. The van der Waals surface area contributed by atoms with Crippen LogP contribution in [-0.2, 0) is 0 Å². The number of pyridine rings is 1. The van der Waals surface area contributed by atoms with Gasteiger partial charge in [0.25, 0.3) is 5.91 Å². The van der Waals surface area contributed by atoms with Crippen LogP contribution in [-0.4, -0.2) is 18.0 Å². The molecule has 22 heavy (non-hydrogen) atoms. The van der Waals surface area contributed by atoms with Gasteiger partial charge in [0, 0.05) is 27.7 Å². The molecule has 0 radical (unpaired) electrons. The summed E-state index contributed by atoms with van der Waals surface area (Å²) >= 11 is 3.37. The summed E-state index contributed by atoms with van der Waals surface area (Å²) in [6.07, 6.45) is 1.70. The summed E-state index contributed by atoms with van der Waals surface area (Å²) < 4.78 is 6.14. The van der Waals surface area contributed by atoms with Crippen LogP contribution in [0.1, 0.15) is 10.4 Å². The van der Waals surface area contributed by atoms with Crippen molar-refractivity contribution in [1.29, 1.82) is 0 Å². The van der Waals surface area contributed by atoms with Gasteiger partial charge in [-0.3, -0.25) is 9.78 Å². The van der Waals surface area contributed by atoms with Crippen molar-refractivity contribution in [2.24, 2.45) is 0 Å². The van der Waals surface area contributed by atoms with Crippen LogP contribution < -0.4 is 10.1 Å². The van der Waals surface area contributed by atoms with Gasteiger partial charge in [-0.1, -0.05) is 28.1 Å². The molecule has 1 N–H and O–H groups in total. The normalized spacial score (nSPS) is 10.5. The third kappa shape index (κ3) is 2.94. The fraction of sp³-hybridized carbons (Fsp3) is 0.0588. The predicted molar refractivity (Wildman–Crippen MR) is 90.4 cm³/mol. The molecule has 3 aromatic rings. The number of amides is 1. The number of rotatable bonds is 3. The molecule has 2 aromatic carbocycles. The van der Waals surface area contributed by atoms with Crippen LogP contribution in [0.15, 0.2) is 59.2 Å². The third-order valence-electron chi connectivity index (χ3n) is 3.25. The van der Waals surface area contributed by atoms with Gasteiger partial charge < -0.3 is 10.1 Å². The number of fused-ring (bicyclic) bond motifs is 1. The first-order valence-corrected chi connectivity index (χ1v) is 7.46. The minimum absolute atomic E-state index is 0.193. The van der Waals surface area contributed by atoms with Gasteiger partial charge in [-0.2, -0.15) is 0 Å². The molecule has 0 aliphatic rings. The minimum Gasteiger partial charge on any atom is -0.497 e. The van der Waals surface area contributed by atoms with E-state index in [9.17, 15) is 4.79 Å². The van der Waals surface area contributed by atoms with Crippen molar-refractivity contribution in [2.75, 3.05) is 12.4 Å². The van der Waals surface area contributed by atoms with E-state index in [2.05, 4.69) is 26.2 Å². The second kappa shape index (κ2) is 6.15. The van der Waals surface area contributed by atoms with E-state index in [0.29, 0.717) is 17.0 Å². The minimum atomic E-state index is -0.193. The van der Waals surface area contributed by atoms with E-state index in [1.165, 1.54) is 0 Å². The lowest BCUT2D eigenvalue weighted by molar-refractivity contribution is 0.102. The largest absolute Gasteiger partial charge is 0.497 e. The summed E-state index contributed by atoms with van der Waals surface area (Å²) in [5.74, 6) is 0.478. The summed E-state index contributed by atoms with van der Waals surface area (Å²) in [6.45, 7) is 0. The van der Waals surface area contributed by atoms with Gasteiger partial charge in [0.05, 0.1) is 18.3 Å². The highest BCUT2D eigenvalue weighted by atomic mass is 79.9. The molecule has 4 nitrogen and oxygen atoms in total. The van der Waals surface area contributed by atoms with Crippen LogP contribution >= 0.6 is 15.9 Å². The highest BCUT2D eigenvalue weighted by Crippen LogP contribution is 2.28. The Balaban J connectivity index is 2.01. The van der Waals surface area contributed by atoms with Crippen molar-refractivity contribution in [3.8, 4) is 5.75 Å². The van der Waals surface area contributed by atoms with Gasteiger partial charge in [-0.25, -0.2) is 0 Å². The van der Waals surface area contributed by atoms with E-state index in [1.807, 2.05) is 30.3 Å². The van der Waals surface area contributed by atoms with Gasteiger partial charge in [-0.05, 0) is 30.3 Å². The lowest BCUT2D eigenvalue weighted by Gasteiger charge is -2.10. The molecule has 5 heteroatoms. The monoisotopic (exact) mass is 356 g/mol. The Bertz CT molecular complexity index is 849. The standard InChI is InChI=1S/C17H13BrN2O2/c1-22-14-9-11-5-3-7-19-16(11)15(10-14)20-17(21)12-4-2-6-13(18)8-12/h2-10H,1H3,(H,20,21). The first-order chi connectivity index (χ1) is 10.7. The Morgan fingerprint density at radius 3 is 2.82 bits per heavy atom. The summed E-state index contributed by atoms with van der Waals surface area (Å²) in [4.78, 5) is 16.8. The number of hydrogen-bond acceptors (Lipinski definition) is 3. The van der Waals surface area contributed by atoms with E-state index in [4.69, 9.17) is 4.74 Å². The average molecular weight is 357 g/mol. The van der Waals surface area contributed by atoms with Crippen LogP contribution in [0.2, 0.25) is 0 Å². The van der Waals surface area contributed by atoms with Crippen LogP contribution in [0.5, 0.6) is 5.75 Å². The van der Waals surface area contributed by atoms with Crippen molar-refractivity contribution in [3.05, 3.63) is 64.8 Å². The van der Waals surface area contributed by atoms with Crippen LogP contribution in [0.4, 0.5) is 5.69 Å². The second-order valence-corrected chi connectivity index (χ2v) is 5.63. The van der Waals surface area contributed by atoms with Crippen molar-refractivity contribution in [2.45, 2.75) is 0 Å². The molecule has 0 fully saturated rings. The molecule has 0 spiro atoms. The number of carbonyl (C=O) groups excluding carboxylic acids is 1. The van der Waals surface area contributed by atoms with Crippen molar-refractivity contribution >= 4 is 38.4 Å². The summed E-state index contributed by atoms with van der Waals surface area (Å²) in [6, 6.07) is 14.7. The predicted octanol–water partition coefficient (Wildman–Crippen LogP) is 4.26. The maximum absolute atomic E-state index is 12.4. The number of carbonyl (C=O) groups is 1. The van der Waals surface area contributed by atoms with E-state index in [1.54, 1.807) is 31.5 Å². The molecule has 1 amide bonds. The first-order valence-electron chi connectivity index (χ1n) is 6.67. The lowest BCUT2D eigenvalue weighted by Crippen LogP contribution is -2.12. The van der Waals surface area contributed by atoms with E-state index in [-0.39, 0.29) is 5.91 Å². The second-order valence-electron chi connectivity index (χ2n) is 4.71. The molecule has 0 saturated carbocycles. The molecular weight excluding hydrogens is 344 g/mol. The lowest BCUT2D eigenvalue weighted by atomic mass is 10.1. The number of hydrogen-bond donors (Lipinski definition) is 1. The number of nitrogens with one attached hydrogen (secondary N) is 1. The van der Waals surface area contributed by atoms with Gasteiger partial charge in [0.1, 0.15) is 5.75 Å². The number of ether oxygens (including phenoxy) is 1. The zero-order valence-electron chi connectivity index (χ0n) is 11.8. The van der Waals surface area contributed by atoms with Crippen molar-refractivity contribution in [1.82, 2.24) is 4.98 Å². The fourth-order valence-corrected chi connectivity index (χ4v) is 2.60. The zero-order valence-corrected chi connectivity index (χ0v) is 13.4. The van der Waals surface area contributed by atoms with Crippen LogP contribution in [0, 0.1) is 0 Å². The molecule has 0 aliphatic carbocycles. The summed E-state index contributed by atoms with van der Waals surface area (Å²) in [7, 11) is 1.59. The maximum atomic E-state index is 12.4. The quantitative estimate of drug-likeness (QED) is 0.762. The smallest absolute Gasteiger partial charge is 0.255 e. The molecule has 1 heterocycles. The number of nitrogens with zero attached hydrogens (tertiary/aromatic N) is 1. The zero-order chi connectivity index (χ0) is 15.5. The molecule has 0 aliphatic heterocycles. The number of methoxy groups -OCH3 is 1. The Labute approximate surface area is 136 Å². The summed E-state index contributed by atoms with van der Waals surface area (Å²) in [5, 5.41) is 3.81. The fourth-order valence-electron chi connectivity index (χ4n) is 2.20. The average Bonchev–Trinajstić information content (AvgIpc) is 2.54. The maximum Gasteiger partial charge on any atom is 0.255 e. The molecule has 1 aromatic heterocycles. The SMILES string of the molecule is COc1cc(NC(=O)c2cccc(Br)c2)c2ncccc2c1. The Morgan fingerprint density at radius 1 is 1.18 bits per heavy atom. The van der Waals surface area contributed by atoms with E-state index in [0.717, 1.165) is 15.4 Å². The highest BCUT2D eigenvalue weighted by molar-refractivity contribution is 9.10. The van der Waals surface area contributed by atoms with Gasteiger partial charge >= 0.3 is 0 Å². The van der Waals surface area contributed by atoms with Crippen LogP contribution in [0.3, 0.4) is 0 Å². The van der Waals surface area contributed by atoms with Gasteiger partial charge in [0.2, 0.25) is 0 Å². The molecule has 0 atom stereocenters. The number of anilines is 1. The first kappa shape index (κ1) is 14.5. The highest BCUT2D eigenvalue weighted by Gasteiger charge is 2.11. The molecule has 3 rings (SSSR count). The molecule has 0 bridgehead atoms. The Morgan fingerprint density at radius 2 is 2.05 bits per heavy atom. The van der Waals surface area contributed by atoms with Crippen molar-refractivity contribution in [3.63, 3.8) is 0 Å². The molecule has 0 unspecified atom stereocenters. The molecule has 110 valence electrons. The summed E-state index contributed by atoms with van der Waals surface area (Å²) in [5.41, 5.74) is 1.92. The van der Waals surface area contributed by atoms with E-state index < -0.39 is 0 Å². The van der Waals surface area contributed by atoms with Gasteiger partial charge in [0.15, 0.2) is 0 Å². The van der Waals surface area contributed by atoms with Crippen molar-refractivity contribution < 1.29 is 9.53 Å². The Hall–Kier alpha value is -2.40. The molecular formula is C17H13BrN2O2. The van der Waals surface area contributed by atoms with Crippen LogP contribution in [0.25, 0.3) is 10.9 Å². The van der Waals surface area contributed by atoms with E-state index >= 15 is 0 Å². The number of halogens is 1.